The zero-order chi connectivity index (χ0) is 10.0. The van der Waals surface area contributed by atoms with Crippen LogP contribution in [0.25, 0.3) is 0 Å². The molecule has 0 unspecified atom stereocenters. The van der Waals surface area contributed by atoms with Gasteiger partial charge in [-0.15, -0.1) is 0 Å². The van der Waals surface area contributed by atoms with E-state index in [4.69, 9.17) is 5.73 Å². The number of benzene rings is 1. The van der Waals surface area contributed by atoms with Crippen LogP contribution >= 0.6 is 15.9 Å². The van der Waals surface area contributed by atoms with E-state index in [1.807, 2.05) is 0 Å². The van der Waals surface area contributed by atoms with Crippen LogP contribution in [-0.4, -0.2) is 13.3 Å². The fraction of sp³-hybridized carbons (Fsp3) is 0.222. The zero-order valence-corrected chi connectivity index (χ0v) is 9.02. The van der Waals surface area contributed by atoms with E-state index in [2.05, 4.69) is 20.9 Å². The van der Waals surface area contributed by atoms with Crippen molar-refractivity contribution < 1.29 is 4.39 Å². The number of aliphatic imine (C=N–C) groups is 1. The highest BCUT2D eigenvalue weighted by Gasteiger charge is 2.09. The molecule has 0 fully saturated rings. The Morgan fingerprint density at radius 2 is 2.23 bits per heavy atom. The monoisotopic (exact) mass is 244 g/mol. The smallest absolute Gasteiger partial charge is 0.150 e. The highest BCUT2D eigenvalue weighted by molar-refractivity contribution is 9.10. The minimum absolute atomic E-state index is 0.145. The fourth-order valence-corrected chi connectivity index (χ4v) is 1.42. The molecule has 0 amide bonds. The number of hydrogen-bond donors (Lipinski definition) is 1. The standard InChI is InChI=1S/C9H10BrFN2/c1-5-7(10)3-6(4-13-2)9(12)8(5)11/h3-4H,12H2,1-2H3. The molecule has 1 aromatic rings. The number of rotatable bonds is 1. The van der Waals surface area contributed by atoms with Crippen LogP contribution < -0.4 is 5.73 Å². The van der Waals surface area contributed by atoms with Crippen LogP contribution in [0.2, 0.25) is 0 Å². The van der Waals surface area contributed by atoms with E-state index in [0.29, 0.717) is 15.6 Å². The molecule has 2 N–H and O–H groups in total. The van der Waals surface area contributed by atoms with E-state index in [1.54, 1.807) is 20.0 Å². The van der Waals surface area contributed by atoms with Crippen LogP contribution in [-0.2, 0) is 0 Å². The molecule has 0 aliphatic rings. The lowest BCUT2D eigenvalue weighted by Crippen LogP contribution is -2.00. The summed E-state index contributed by atoms with van der Waals surface area (Å²) in [6.07, 6.45) is 1.53. The van der Waals surface area contributed by atoms with Crippen LogP contribution in [0.3, 0.4) is 0 Å². The first-order valence-corrected chi connectivity index (χ1v) is 4.53. The second-order valence-corrected chi connectivity index (χ2v) is 3.54. The first-order valence-electron chi connectivity index (χ1n) is 3.74. The summed E-state index contributed by atoms with van der Waals surface area (Å²) in [4.78, 5) is 3.79. The third-order valence-electron chi connectivity index (χ3n) is 1.79. The normalized spacial score (nSPS) is 11.1. The molecule has 13 heavy (non-hydrogen) atoms. The molecule has 0 aliphatic heterocycles. The maximum absolute atomic E-state index is 13.4. The van der Waals surface area contributed by atoms with Crippen LogP contribution in [0.1, 0.15) is 11.1 Å². The fourth-order valence-electron chi connectivity index (χ4n) is 1.00. The van der Waals surface area contributed by atoms with E-state index < -0.39 is 0 Å². The molecule has 1 rings (SSSR count). The number of nitrogens with two attached hydrogens (primary N) is 1. The van der Waals surface area contributed by atoms with Gasteiger partial charge in [0.2, 0.25) is 0 Å². The van der Waals surface area contributed by atoms with E-state index in [0.717, 1.165) is 0 Å². The van der Waals surface area contributed by atoms with Crippen molar-refractivity contribution in [3.8, 4) is 0 Å². The number of nitrogen functional groups attached to an aromatic ring is 1. The Labute approximate surface area is 84.8 Å². The molecule has 0 atom stereocenters. The Balaban J connectivity index is 3.40. The molecule has 0 radical (unpaired) electrons. The molecule has 0 saturated heterocycles. The van der Waals surface area contributed by atoms with Gasteiger partial charge in [-0.05, 0) is 13.0 Å². The molecular formula is C9H10BrFN2. The zero-order valence-electron chi connectivity index (χ0n) is 7.44. The lowest BCUT2D eigenvalue weighted by Gasteiger charge is -2.06. The van der Waals surface area contributed by atoms with Crippen molar-refractivity contribution in [2.45, 2.75) is 6.92 Å². The van der Waals surface area contributed by atoms with Gasteiger partial charge in [-0.1, -0.05) is 15.9 Å². The summed E-state index contributed by atoms with van der Waals surface area (Å²) in [5.41, 5.74) is 6.81. The SMILES string of the molecule is CN=Cc1cc(Br)c(C)c(F)c1N. The lowest BCUT2D eigenvalue weighted by molar-refractivity contribution is 0.622. The highest BCUT2D eigenvalue weighted by atomic mass is 79.9. The van der Waals surface area contributed by atoms with Gasteiger partial charge in [-0.2, -0.15) is 0 Å². The van der Waals surface area contributed by atoms with Crippen LogP contribution in [0.5, 0.6) is 0 Å². The molecule has 2 nitrogen and oxygen atoms in total. The largest absolute Gasteiger partial charge is 0.396 e. The number of hydrogen-bond acceptors (Lipinski definition) is 2. The molecule has 0 bridgehead atoms. The van der Waals surface area contributed by atoms with Crippen molar-refractivity contribution in [1.82, 2.24) is 0 Å². The Morgan fingerprint density at radius 1 is 1.62 bits per heavy atom. The van der Waals surface area contributed by atoms with Crippen molar-refractivity contribution in [3.05, 3.63) is 27.5 Å². The second kappa shape index (κ2) is 3.87. The number of nitrogens with zero attached hydrogens (tertiary/aromatic N) is 1. The maximum Gasteiger partial charge on any atom is 0.150 e. The summed E-state index contributed by atoms with van der Waals surface area (Å²) < 4.78 is 14.1. The third-order valence-corrected chi connectivity index (χ3v) is 2.61. The van der Waals surface area contributed by atoms with Gasteiger partial charge in [-0.25, -0.2) is 4.39 Å². The van der Waals surface area contributed by atoms with Crippen molar-refractivity contribution in [2.75, 3.05) is 12.8 Å². The molecule has 0 saturated carbocycles. The predicted molar refractivity (Wildman–Crippen MR) is 56.8 cm³/mol. The molecular weight excluding hydrogens is 235 g/mol. The molecule has 70 valence electrons. The number of halogens is 2. The molecule has 1 aromatic carbocycles. The van der Waals surface area contributed by atoms with Crippen LogP contribution in [0, 0.1) is 12.7 Å². The Bertz CT molecular complexity index is 361. The average Bonchev–Trinajstić information content (AvgIpc) is 2.11. The highest BCUT2D eigenvalue weighted by Crippen LogP contribution is 2.26. The Kier molecular flexibility index (Phi) is 3.03. The van der Waals surface area contributed by atoms with Crippen LogP contribution in [0.15, 0.2) is 15.5 Å². The molecule has 0 aliphatic carbocycles. The Hall–Kier alpha value is -0.900. The third kappa shape index (κ3) is 1.88. The summed E-state index contributed by atoms with van der Waals surface area (Å²) in [6, 6.07) is 1.75. The first kappa shape index (κ1) is 10.2. The van der Waals surface area contributed by atoms with Crippen LogP contribution in [0.4, 0.5) is 10.1 Å². The van der Waals surface area contributed by atoms with E-state index >= 15 is 0 Å². The Morgan fingerprint density at radius 3 is 2.77 bits per heavy atom. The minimum atomic E-state index is -0.385. The summed E-state index contributed by atoms with van der Waals surface area (Å²) in [7, 11) is 1.62. The summed E-state index contributed by atoms with van der Waals surface area (Å²) >= 11 is 3.24. The molecule has 0 aromatic heterocycles. The van der Waals surface area contributed by atoms with Gasteiger partial charge in [0.1, 0.15) is 0 Å². The quantitative estimate of drug-likeness (QED) is 0.599. The maximum atomic E-state index is 13.4. The summed E-state index contributed by atoms with van der Waals surface area (Å²) in [6.45, 7) is 1.67. The second-order valence-electron chi connectivity index (χ2n) is 2.69. The summed E-state index contributed by atoms with van der Waals surface area (Å²) in [5.74, 6) is -0.385. The van der Waals surface area contributed by atoms with Crippen molar-refractivity contribution in [1.29, 1.82) is 0 Å². The topological polar surface area (TPSA) is 38.4 Å². The number of anilines is 1. The van der Waals surface area contributed by atoms with Gasteiger partial charge in [0.05, 0.1) is 5.69 Å². The average molecular weight is 245 g/mol. The predicted octanol–water partition coefficient (Wildman–Crippen LogP) is 2.53. The molecule has 0 spiro atoms. The van der Waals surface area contributed by atoms with Gasteiger partial charge in [-0.3, -0.25) is 4.99 Å². The molecule has 4 heteroatoms. The van der Waals surface area contributed by atoms with Gasteiger partial charge in [0, 0.05) is 28.9 Å². The first-order chi connectivity index (χ1) is 6.07. The van der Waals surface area contributed by atoms with Crippen molar-refractivity contribution in [3.63, 3.8) is 0 Å². The molecule has 0 heterocycles. The van der Waals surface area contributed by atoms with Crippen molar-refractivity contribution >= 4 is 27.8 Å². The van der Waals surface area contributed by atoms with E-state index in [9.17, 15) is 4.39 Å². The minimum Gasteiger partial charge on any atom is -0.396 e. The van der Waals surface area contributed by atoms with Gasteiger partial charge in [0.25, 0.3) is 0 Å². The lowest BCUT2D eigenvalue weighted by atomic mass is 10.1. The van der Waals surface area contributed by atoms with Gasteiger partial charge < -0.3 is 5.73 Å². The van der Waals surface area contributed by atoms with E-state index in [1.165, 1.54) is 6.21 Å². The van der Waals surface area contributed by atoms with Gasteiger partial charge >= 0.3 is 0 Å². The van der Waals surface area contributed by atoms with Crippen molar-refractivity contribution in [2.24, 2.45) is 4.99 Å². The van der Waals surface area contributed by atoms with Gasteiger partial charge in [0.15, 0.2) is 5.82 Å². The summed E-state index contributed by atoms with van der Waals surface area (Å²) in [5, 5.41) is 0. The van der Waals surface area contributed by atoms with E-state index in [-0.39, 0.29) is 11.5 Å².